The quantitative estimate of drug-likeness (QED) is 0.713. The van der Waals surface area contributed by atoms with Gasteiger partial charge in [-0.1, -0.05) is 6.92 Å². The number of benzene rings is 1. The molecule has 0 spiro atoms. The average molecular weight is 215 g/mol. The van der Waals surface area contributed by atoms with Crippen LogP contribution in [0.5, 0.6) is 0 Å². The van der Waals surface area contributed by atoms with Crippen LogP contribution >= 0.6 is 0 Å². The third-order valence-electron chi connectivity index (χ3n) is 3.19. The summed E-state index contributed by atoms with van der Waals surface area (Å²) in [5.41, 5.74) is 1.99. The Morgan fingerprint density at radius 3 is 2.75 bits per heavy atom. The van der Waals surface area contributed by atoms with Gasteiger partial charge < -0.3 is 4.57 Å². The van der Waals surface area contributed by atoms with Crippen molar-refractivity contribution >= 4 is 16.7 Å². The summed E-state index contributed by atoms with van der Waals surface area (Å²) in [6.07, 6.45) is 3.21. The highest BCUT2D eigenvalue weighted by Gasteiger charge is 2.07. The number of hydrogen-bond donors (Lipinski definition) is 0. The second-order valence-corrected chi connectivity index (χ2v) is 4.31. The van der Waals surface area contributed by atoms with Crippen molar-refractivity contribution in [1.29, 1.82) is 0 Å². The van der Waals surface area contributed by atoms with Crippen LogP contribution < -0.4 is 0 Å². The van der Waals surface area contributed by atoms with Gasteiger partial charge in [-0.2, -0.15) is 0 Å². The lowest BCUT2D eigenvalue weighted by Gasteiger charge is -2.12. The van der Waals surface area contributed by atoms with Crippen molar-refractivity contribution in [3.05, 3.63) is 36.0 Å². The SMILES string of the molecule is CCC(C)n1ccc2cc(C(C)=O)ccc21. The molecule has 0 amide bonds. The van der Waals surface area contributed by atoms with Crippen molar-refractivity contribution in [2.24, 2.45) is 0 Å². The van der Waals surface area contributed by atoms with E-state index in [1.54, 1.807) is 6.92 Å². The highest BCUT2D eigenvalue weighted by atomic mass is 16.1. The van der Waals surface area contributed by atoms with Crippen molar-refractivity contribution in [1.82, 2.24) is 4.57 Å². The number of Topliss-reactive ketones (excluding diaryl/α,β-unsaturated/α-hetero) is 1. The summed E-state index contributed by atoms with van der Waals surface area (Å²) in [6, 6.07) is 8.49. The molecule has 84 valence electrons. The molecule has 0 aliphatic heterocycles. The van der Waals surface area contributed by atoms with Gasteiger partial charge in [0.05, 0.1) is 0 Å². The second kappa shape index (κ2) is 4.12. The number of fused-ring (bicyclic) bond motifs is 1. The first kappa shape index (κ1) is 10.9. The van der Waals surface area contributed by atoms with E-state index in [0.717, 1.165) is 17.4 Å². The van der Waals surface area contributed by atoms with Gasteiger partial charge in [0, 0.05) is 28.7 Å². The maximum Gasteiger partial charge on any atom is 0.159 e. The number of aromatic nitrogens is 1. The summed E-state index contributed by atoms with van der Waals surface area (Å²) in [7, 11) is 0. The van der Waals surface area contributed by atoms with E-state index < -0.39 is 0 Å². The van der Waals surface area contributed by atoms with Gasteiger partial charge in [-0.15, -0.1) is 0 Å². The lowest BCUT2D eigenvalue weighted by molar-refractivity contribution is 0.101. The Morgan fingerprint density at radius 2 is 2.12 bits per heavy atom. The first-order chi connectivity index (χ1) is 7.63. The smallest absolute Gasteiger partial charge is 0.159 e. The molecule has 0 aliphatic carbocycles. The van der Waals surface area contributed by atoms with Crippen LogP contribution in [-0.2, 0) is 0 Å². The number of carbonyl (C=O) groups is 1. The van der Waals surface area contributed by atoms with Gasteiger partial charge in [0.15, 0.2) is 5.78 Å². The predicted molar refractivity (Wildman–Crippen MR) is 66.9 cm³/mol. The molecular formula is C14H17NO. The molecule has 1 aromatic carbocycles. The first-order valence-corrected chi connectivity index (χ1v) is 5.75. The lowest BCUT2D eigenvalue weighted by atomic mass is 10.1. The number of nitrogens with zero attached hydrogens (tertiary/aromatic N) is 1. The fourth-order valence-corrected chi connectivity index (χ4v) is 1.96. The fourth-order valence-electron chi connectivity index (χ4n) is 1.96. The summed E-state index contributed by atoms with van der Waals surface area (Å²) >= 11 is 0. The maximum absolute atomic E-state index is 11.3. The highest BCUT2D eigenvalue weighted by molar-refractivity contribution is 5.98. The molecule has 0 N–H and O–H groups in total. The Labute approximate surface area is 95.9 Å². The van der Waals surface area contributed by atoms with Gasteiger partial charge in [-0.25, -0.2) is 0 Å². The highest BCUT2D eigenvalue weighted by Crippen LogP contribution is 2.22. The summed E-state index contributed by atoms with van der Waals surface area (Å²) in [5, 5.41) is 1.15. The summed E-state index contributed by atoms with van der Waals surface area (Å²) in [4.78, 5) is 11.3. The van der Waals surface area contributed by atoms with E-state index in [2.05, 4.69) is 30.7 Å². The molecule has 16 heavy (non-hydrogen) atoms. The van der Waals surface area contributed by atoms with Crippen molar-refractivity contribution in [2.45, 2.75) is 33.2 Å². The maximum atomic E-state index is 11.3. The van der Waals surface area contributed by atoms with Crippen LogP contribution in [0.2, 0.25) is 0 Å². The molecular weight excluding hydrogens is 198 g/mol. The van der Waals surface area contributed by atoms with Crippen LogP contribution in [0.15, 0.2) is 30.5 Å². The predicted octanol–water partition coefficient (Wildman–Crippen LogP) is 3.81. The van der Waals surface area contributed by atoms with E-state index in [0.29, 0.717) is 6.04 Å². The normalized spacial score (nSPS) is 12.9. The Kier molecular flexibility index (Phi) is 2.82. The van der Waals surface area contributed by atoms with Crippen LogP contribution in [0.3, 0.4) is 0 Å². The third-order valence-corrected chi connectivity index (χ3v) is 3.19. The average Bonchev–Trinajstić information content (AvgIpc) is 2.70. The molecule has 0 radical (unpaired) electrons. The van der Waals surface area contributed by atoms with E-state index in [4.69, 9.17) is 0 Å². The van der Waals surface area contributed by atoms with Gasteiger partial charge in [0.2, 0.25) is 0 Å². The van der Waals surface area contributed by atoms with Gasteiger partial charge in [-0.3, -0.25) is 4.79 Å². The number of carbonyl (C=O) groups excluding carboxylic acids is 1. The molecule has 0 bridgehead atoms. The zero-order valence-electron chi connectivity index (χ0n) is 10.0. The van der Waals surface area contributed by atoms with Crippen molar-refractivity contribution in [3.63, 3.8) is 0 Å². The molecule has 1 atom stereocenters. The van der Waals surface area contributed by atoms with Crippen LogP contribution in [0.4, 0.5) is 0 Å². The summed E-state index contributed by atoms with van der Waals surface area (Å²) in [5.74, 6) is 0.123. The minimum Gasteiger partial charge on any atom is -0.345 e. The number of ketones is 1. The van der Waals surface area contributed by atoms with Gasteiger partial charge in [0.1, 0.15) is 0 Å². The molecule has 0 fully saturated rings. The van der Waals surface area contributed by atoms with E-state index in [1.807, 2.05) is 18.2 Å². The standard InChI is InChI=1S/C14H17NO/c1-4-10(2)15-8-7-13-9-12(11(3)16)5-6-14(13)15/h5-10H,4H2,1-3H3. The third kappa shape index (κ3) is 1.75. The fraction of sp³-hybridized carbons (Fsp3) is 0.357. The molecule has 1 unspecified atom stereocenters. The van der Waals surface area contributed by atoms with Crippen LogP contribution in [0, 0.1) is 0 Å². The Bertz CT molecular complexity index is 525. The van der Waals surface area contributed by atoms with E-state index in [1.165, 1.54) is 5.52 Å². The van der Waals surface area contributed by atoms with Crippen LogP contribution in [0.25, 0.3) is 10.9 Å². The molecule has 2 nitrogen and oxygen atoms in total. The van der Waals surface area contributed by atoms with E-state index in [9.17, 15) is 4.79 Å². The number of hydrogen-bond acceptors (Lipinski definition) is 1. The van der Waals surface area contributed by atoms with Gasteiger partial charge >= 0.3 is 0 Å². The van der Waals surface area contributed by atoms with Crippen molar-refractivity contribution in [2.75, 3.05) is 0 Å². The number of rotatable bonds is 3. The zero-order chi connectivity index (χ0) is 11.7. The minimum atomic E-state index is 0.123. The van der Waals surface area contributed by atoms with Gasteiger partial charge in [0.25, 0.3) is 0 Å². The topological polar surface area (TPSA) is 22.0 Å². The molecule has 2 heteroatoms. The molecule has 2 aromatic rings. The molecule has 0 saturated heterocycles. The molecule has 0 aliphatic rings. The Balaban J connectivity index is 2.54. The van der Waals surface area contributed by atoms with Crippen LogP contribution in [-0.4, -0.2) is 10.4 Å². The summed E-state index contributed by atoms with van der Waals surface area (Å²) < 4.78 is 2.26. The molecule has 2 rings (SSSR count). The monoisotopic (exact) mass is 215 g/mol. The first-order valence-electron chi connectivity index (χ1n) is 5.75. The Morgan fingerprint density at radius 1 is 1.38 bits per heavy atom. The van der Waals surface area contributed by atoms with E-state index >= 15 is 0 Å². The second-order valence-electron chi connectivity index (χ2n) is 4.31. The lowest BCUT2D eigenvalue weighted by Crippen LogP contribution is -2.01. The van der Waals surface area contributed by atoms with Crippen LogP contribution in [0.1, 0.15) is 43.6 Å². The zero-order valence-corrected chi connectivity index (χ0v) is 10.0. The van der Waals surface area contributed by atoms with Crippen molar-refractivity contribution in [3.8, 4) is 0 Å². The van der Waals surface area contributed by atoms with Crippen molar-refractivity contribution < 1.29 is 4.79 Å². The molecule has 1 aromatic heterocycles. The summed E-state index contributed by atoms with van der Waals surface area (Å²) in [6.45, 7) is 5.99. The minimum absolute atomic E-state index is 0.123. The molecule has 0 saturated carbocycles. The van der Waals surface area contributed by atoms with Gasteiger partial charge in [-0.05, 0) is 44.5 Å². The van der Waals surface area contributed by atoms with E-state index in [-0.39, 0.29) is 5.78 Å². The molecule has 1 heterocycles. The largest absolute Gasteiger partial charge is 0.345 e. The Hall–Kier alpha value is -1.57.